The normalized spacial score (nSPS) is 19.6. The van der Waals surface area contributed by atoms with E-state index in [9.17, 15) is 14.3 Å². The second-order valence-corrected chi connectivity index (χ2v) is 5.29. The molecular formula is C15H21FN2O3. The summed E-state index contributed by atoms with van der Waals surface area (Å²) in [5.41, 5.74) is -1.37. The number of nitrogens with one attached hydrogen (secondary N) is 1. The topological polar surface area (TPSA) is 61.8 Å². The molecule has 1 aliphatic rings. The van der Waals surface area contributed by atoms with Gasteiger partial charge in [0.1, 0.15) is 17.1 Å². The average Bonchev–Trinajstić information content (AvgIpc) is 2.75. The van der Waals surface area contributed by atoms with Crippen LogP contribution < -0.4 is 10.1 Å². The predicted octanol–water partition coefficient (Wildman–Crippen LogP) is 1.43. The molecule has 0 amide bonds. The van der Waals surface area contributed by atoms with E-state index in [2.05, 4.69) is 5.32 Å². The summed E-state index contributed by atoms with van der Waals surface area (Å²) in [5, 5.41) is 13.0. The maximum atomic E-state index is 14.4. The summed E-state index contributed by atoms with van der Waals surface area (Å²) >= 11 is 0. The van der Waals surface area contributed by atoms with Crippen LogP contribution >= 0.6 is 0 Å². The lowest BCUT2D eigenvalue weighted by Gasteiger charge is -2.38. The van der Waals surface area contributed by atoms with Crippen molar-refractivity contribution < 1.29 is 19.0 Å². The molecule has 2 N–H and O–H groups in total. The van der Waals surface area contributed by atoms with Gasteiger partial charge in [-0.25, -0.2) is 9.18 Å². The van der Waals surface area contributed by atoms with Gasteiger partial charge in [-0.05, 0) is 32.0 Å². The van der Waals surface area contributed by atoms with Crippen LogP contribution in [0.1, 0.15) is 18.9 Å². The molecular weight excluding hydrogens is 275 g/mol. The SMILES string of the molecule is COc1cccc(F)c1C(C)(C(=O)O)N1CCCNCC1. The van der Waals surface area contributed by atoms with E-state index in [0.29, 0.717) is 19.6 Å². The Morgan fingerprint density at radius 2 is 2.19 bits per heavy atom. The quantitative estimate of drug-likeness (QED) is 0.880. The molecule has 1 fully saturated rings. The van der Waals surface area contributed by atoms with Gasteiger partial charge in [0.15, 0.2) is 0 Å². The Hall–Kier alpha value is -1.66. The van der Waals surface area contributed by atoms with Gasteiger partial charge in [0.25, 0.3) is 0 Å². The highest BCUT2D eigenvalue weighted by Crippen LogP contribution is 2.37. The molecule has 1 aliphatic heterocycles. The first kappa shape index (κ1) is 15.7. The number of halogens is 1. The van der Waals surface area contributed by atoms with Gasteiger partial charge in [-0.3, -0.25) is 4.90 Å². The molecule has 0 bridgehead atoms. The number of carboxylic acid groups (broad SMARTS) is 1. The summed E-state index contributed by atoms with van der Waals surface area (Å²) in [6, 6.07) is 4.38. The number of nitrogens with zero attached hydrogens (tertiary/aromatic N) is 1. The molecule has 1 atom stereocenters. The van der Waals surface area contributed by atoms with Gasteiger partial charge in [-0.15, -0.1) is 0 Å². The minimum absolute atomic E-state index is 0.0851. The van der Waals surface area contributed by atoms with E-state index in [1.807, 2.05) is 0 Å². The zero-order valence-corrected chi connectivity index (χ0v) is 12.4. The molecule has 0 radical (unpaired) electrons. The fourth-order valence-corrected chi connectivity index (χ4v) is 2.84. The van der Waals surface area contributed by atoms with Gasteiger partial charge >= 0.3 is 5.97 Å². The van der Waals surface area contributed by atoms with Crippen LogP contribution in [0.3, 0.4) is 0 Å². The van der Waals surface area contributed by atoms with Gasteiger partial charge in [-0.1, -0.05) is 6.07 Å². The van der Waals surface area contributed by atoms with Gasteiger partial charge < -0.3 is 15.2 Å². The first-order chi connectivity index (χ1) is 10.0. The molecule has 0 aromatic heterocycles. The van der Waals surface area contributed by atoms with Gasteiger partial charge in [0.05, 0.1) is 12.7 Å². The van der Waals surface area contributed by atoms with Crippen molar-refractivity contribution in [1.82, 2.24) is 10.2 Å². The summed E-state index contributed by atoms with van der Waals surface area (Å²) in [7, 11) is 1.42. The van der Waals surface area contributed by atoms with Crippen LogP contribution in [-0.2, 0) is 10.3 Å². The van der Waals surface area contributed by atoms with E-state index < -0.39 is 17.3 Å². The van der Waals surface area contributed by atoms with Crippen LogP contribution in [0.5, 0.6) is 5.75 Å². The highest BCUT2D eigenvalue weighted by atomic mass is 19.1. The Balaban J connectivity index is 2.54. The highest BCUT2D eigenvalue weighted by molar-refractivity contribution is 5.81. The van der Waals surface area contributed by atoms with Crippen molar-refractivity contribution in [3.05, 3.63) is 29.6 Å². The number of rotatable bonds is 4. The maximum Gasteiger partial charge on any atom is 0.328 e. The van der Waals surface area contributed by atoms with Crippen molar-refractivity contribution in [3.63, 3.8) is 0 Å². The van der Waals surface area contributed by atoms with E-state index in [4.69, 9.17) is 4.74 Å². The molecule has 2 rings (SSSR count). The number of carboxylic acids is 1. The number of aliphatic carboxylic acids is 1. The third kappa shape index (κ3) is 2.87. The molecule has 5 nitrogen and oxygen atoms in total. The van der Waals surface area contributed by atoms with E-state index in [1.54, 1.807) is 17.9 Å². The lowest BCUT2D eigenvalue weighted by atomic mass is 9.88. The highest BCUT2D eigenvalue weighted by Gasteiger charge is 2.45. The van der Waals surface area contributed by atoms with E-state index in [0.717, 1.165) is 13.0 Å². The molecule has 6 heteroatoms. The second kappa shape index (κ2) is 6.41. The third-order valence-electron chi connectivity index (χ3n) is 4.07. The summed E-state index contributed by atoms with van der Waals surface area (Å²) in [4.78, 5) is 13.8. The van der Waals surface area contributed by atoms with Crippen LogP contribution in [0, 0.1) is 5.82 Å². The average molecular weight is 296 g/mol. The van der Waals surface area contributed by atoms with Crippen molar-refractivity contribution in [1.29, 1.82) is 0 Å². The molecule has 1 unspecified atom stereocenters. The number of hydrogen-bond acceptors (Lipinski definition) is 4. The standard InChI is InChI=1S/C15H21FN2O3/c1-15(14(19)20,18-9-4-7-17-8-10-18)13-11(16)5-3-6-12(13)21-2/h3,5-6,17H,4,7-10H2,1-2H3,(H,19,20). The fraction of sp³-hybridized carbons (Fsp3) is 0.533. The van der Waals surface area contributed by atoms with Crippen LogP contribution in [0.4, 0.5) is 4.39 Å². The van der Waals surface area contributed by atoms with Crippen LogP contribution in [0.15, 0.2) is 18.2 Å². The molecule has 1 aromatic rings. The van der Waals surface area contributed by atoms with Gasteiger partial charge in [0.2, 0.25) is 0 Å². The fourth-order valence-electron chi connectivity index (χ4n) is 2.84. The lowest BCUT2D eigenvalue weighted by molar-refractivity contribution is -0.151. The monoisotopic (exact) mass is 296 g/mol. The Kier molecular flexibility index (Phi) is 4.80. The Labute approximate surface area is 123 Å². The zero-order chi connectivity index (χ0) is 15.5. The van der Waals surface area contributed by atoms with E-state index >= 15 is 0 Å². The maximum absolute atomic E-state index is 14.4. The van der Waals surface area contributed by atoms with Gasteiger partial charge in [-0.2, -0.15) is 0 Å². The molecule has 21 heavy (non-hydrogen) atoms. The zero-order valence-electron chi connectivity index (χ0n) is 12.4. The summed E-state index contributed by atoms with van der Waals surface area (Å²) in [5.74, 6) is -1.37. The largest absolute Gasteiger partial charge is 0.496 e. The summed E-state index contributed by atoms with van der Waals surface area (Å²) in [6.07, 6.45) is 0.819. The first-order valence-electron chi connectivity index (χ1n) is 7.04. The lowest BCUT2D eigenvalue weighted by Crippen LogP contribution is -2.51. The Bertz CT molecular complexity index is 516. The minimum atomic E-state index is -1.46. The van der Waals surface area contributed by atoms with Crippen LogP contribution in [0.2, 0.25) is 0 Å². The Morgan fingerprint density at radius 1 is 1.43 bits per heavy atom. The molecule has 116 valence electrons. The number of hydrogen-bond donors (Lipinski definition) is 2. The van der Waals surface area contributed by atoms with Crippen LogP contribution in [0.25, 0.3) is 0 Å². The second-order valence-electron chi connectivity index (χ2n) is 5.29. The molecule has 0 aliphatic carbocycles. The number of methoxy groups -OCH3 is 1. The molecule has 1 heterocycles. The van der Waals surface area contributed by atoms with E-state index in [1.165, 1.54) is 19.2 Å². The molecule has 0 spiro atoms. The van der Waals surface area contributed by atoms with Crippen molar-refractivity contribution in [2.75, 3.05) is 33.3 Å². The van der Waals surface area contributed by atoms with E-state index in [-0.39, 0.29) is 11.3 Å². The predicted molar refractivity (Wildman–Crippen MR) is 77.0 cm³/mol. The number of benzene rings is 1. The smallest absolute Gasteiger partial charge is 0.328 e. The molecule has 1 saturated heterocycles. The van der Waals surface area contributed by atoms with Gasteiger partial charge in [0, 0.05) is 19.6 Å². The third-order valence-corrected chi connectivity index (χ3v) is 4.07. The van der Waals surface area contributed by atoms with Crippen molar-refractivity contribution in [3.8, 4) is 5.75 Å². The Morgan fingerprint density at radius 3 is 2.86 bits per heavy atom. The number of ether oxygens (including phenoxy) is 1. The number of carbonyl (C=O) groups is 1. The van der Waals surface area contributed by atoms with Crippen molar-refractivity contribution >= 4 is 5.97 Å². The summed E-state index contributed by atoms with van der Waals surface area (Å²) < 4.78 is 19.6. The summed E-state index contributed by atoms with van der Waals surface area (Å²) in [6.45, 7) is 4.19. The minimum Gasteiger partial charge on any atom is -0.496 e. The molecule has 0 saturated carbocycles. The first-order valence-corrected chi connectivity index (χ1v) is 7.04. The molecule has 1 aromatic carbocycles. The van der Waals surface area contributed by atoms with Crippen LogP contribution in [-0.4, -0.2) is 49.3 Å². The van der Waals surface area contributed by atoms with Crippen molar-refractivity contribution in [2.24, 2.45) is 0 Å². The van der Waals surface area contributed by atoms with Crippen molar-refractivity contribution in [2.45, 2.75) is 18.9 Å².